The zero-order valence-corrected chi connectivity index (χ0v) is 8.47. The first-order chi connectivity index (χ1) is 4.91. The van der Waals surface area contributed by atoms with E-state index >= 15 is 0 Å². The largest absolute Gasteiger partial charge is 0.854 e. The number of hydrogen-bond donors (Lipinski definition) is 2. The van der Waals surface area contributed by atoms with Crippen molar-refractivity contribution in [3.8, 4) is 0 Å². The molecule has 8 N–H and O–H groups in total. The van der Waals surface area contributed by atoms with Gasteiger partial charge in [0.25, 0.3) is 0 Å². The fourth-order valence-corrected chi connectivity index (χ4v) is 0.911. The van der Waals surface area contributed by atoms with Crippen LogP contribution in [0.5, 0.6) is 0 Å². The highest BCUT2D eigenvalue weighted by Crippen LogP contribution is 2.03. The van der Waals surface area contributed by atoms with Crippen LogP contribution in [-0.2, 0) is 0 Å². The highest BCUT2D eigenvalue weighted by atomic mass is 16.3. The average Bonchev–Trinajstić information content (AvgIpc) is 1.97. The van der Waals surface area contributed by atoms with Gasteiger partial charge in [0.2, 0.25) is 0 Å². The van der Waals surface area contributed by atoms with Crippen LogP contribution in [0.1, 0.15) is 38.5 Å². The first-order valence-corrected chi connectivity index (χ1v) is 4.08. The first kappa shape index (κ1) is 17.8. The summed E-state index contributed by atoms with van der Waals surface area (Å²) in [6.45, 7) is 0.114. The summed E-state index contributed by atoms with van der Waals surface area (Å²) in [6.07, 6.45) is 5.95. The lowest BCUT2D eigenvalue weighted by atomic mass is 10.1. The van der Waals surface area contributed by atoms with Gasteiger partial charge in [0.05, 0.1) is 0 Å². The molecular formula is C8H24N2O2. The van der Waals surface area contributed by atoms with Crippen molar-refractivity contribution in [1.29, 1.82) is 0 Å². The van der Waals surface area contributed by atoms with E-state index in [2.05, 4.69) is 0 Å². The van der Waals surface area contributed by atoms with E-state index < -0.39 is 0 Å². The molecular weight excluding hydrogens is 156 g/mol. The van der Waals surface area contributed by atoms with Crippen LogP contribution in [0.4, 0.5) is 0 Å². The second-order valence-electron chi connectivity index (χ2n) is 2.53. The molecule has 0 aromatic carbocycles. The first-order valence-electron chi connectivity index (χ1n) is 4.08. The Morgan fingerprint density at radius 1 is 0.500 bits per heavy atom. The maximum absolute atomic E-state index is 9.97. The topological polar surface area (TPSA) is 119 Å². The molecule has 0 amide bonds. The summed E-state index contributed by atoms with van der Waals surface area (Å²) in [5, 5.41) is 19.9. The zero-order valence-electron chi connectivity index (χ0n) is 8.47. The second kappa shape index (κ2) is 17.1. The van der Waals surface area contributed by atoms with Crippen LogP contribution in [0.2, 0.25) is 0 Å². The zero-order chi connectivity index (χ0) is 7.66. The quantitative estimate of drug-likeness (QED) is 0.563. The Hall–Kier alpha value is -0.160. The molecule has 0 aliphatic heterocycles. The predicted molar refractivity (Wildman–Crippen MR) is 49.4 cm³/mol. The van der Waals surface area contributed by atoms with Gasteiger partial charge in [-0.25, -0.2) is 0 Å². The molecule has 0 unspecified atom stereocenters. The summed E-state index contributed by atoms with van der Waals surface area (Å²) in [5.41, 5.74) is 0. The maximum Gasteiger partial charge on any atom is -0.0534 e. The van der Waals surface area contributed by atoms with E-state index in [1.165, 1.54) is 0 Å². The molecule has 0 radical (unpaired) electrons. The van der Waals surface area contributed by atoms with Gasteiger partial charge < -0.3 is 22.5 Å². The lowest BCUT2D eigenvalue weighted by molar-refractivity contribution is -0.369. The lowest BCUT2D eigenvalue weighted by Gasteiger charge is -2.04. The molecule has 0 fully saturated rings. The van der Waals surface area contributed by atoms with Crippen molar-refractivity contribution >= 4 is 0 Å². The highest BCUT2D eigenvalue weighted by Gasteiger charge is 1.85. The smallest absolute Gasteiger partial charge is 0.0534 e. The van der Waals surface area contributed by atoms with Crippen molar-refractivity contribution in [3.05, 3.63) is 0 Å². The summed E-state index contributed by atoms with van der Waals surface area (Å²) >= 11 is 0. The van der Waals surface area contributed by atoms with E-state index in [0.29, 0.717) is 0 Å². The third kappa shape index (κ3) is 16.4. The van der Waals surface area contributed by atoms with Gasteiger partial charge in [-0.05, 0) is 0 Å². The van der Waals surface area contributed by atoms with E-state index in [-0.39, 0.29) is 25.5 Å². The normalized spacial score (nSPS) is 8.50. The van der Waals surface area contributed by atoms with E-state index in [9.17, 15) is 10.2 Å². The van der Waals surface area contributed by atoms with Gasteiger partial charge in [0, 0.05) is 0 Å². The van der Waals surface area contributed by atoms with Crippen molar-refractivity contribution in [1.82, 2.24) is 12.3 Å². The highest BCUT2D eigenvalue weighted by molar-refractivity contribution is 4.42. The fraction of sp³-hybridized carbons (Fsp3) is 1.00. The SMILES string of the molecule is [NH4+].[NH4+].[O-]CCCCCCCC[O-]. The van der Waals surface area contributed by atoms with E-state index in [1.807, 2.05) is 0 Å². The summed E-state index contributed by atoms with van der Waals surface area (Å²) in [7, 11) is 0. The van der Waals surface area contributed by atoms with Crippen molar-refractivity contribution < 1.29 is 10.2 Å². The third-order valence-corrected chi connectivity index (χ3v) is 1.54. The van der Waals surface area contributed by atoms with E-state index in [1.54, 1.807) is 0 Å². The Morgan fingerprint density at radius 3 is 1.00 bits per heavy atom. The minimum atomic E-state index is 0. The monoisotopic (exact) mass is 180 g/mol. The molecule has 0 bridgehead atoms. The molecule has 0 saturated heterocycles. The van der Waals surface area contributed by atoms with Gasteiger partial charge in [-0.2, -0.15) is 0 Å². The van der Waals surface area contributed by atoms with Crippen LogP contribution in [0.25, 0.3) is 0 Å². The van der Waals surface area contributed by atoms with Gasteiger partial charge in [-0.1, -0.05) is 38.5 Å². The molecule has 0 aliphatic rings. The molecule has 0 aromatic rings. The molecule has 0 saturated carbocycles. The van der Waals surface area contributed by atoms with Crippen LogP contribution in [0.15, 0.2) is 0 Å². The molecule has 0 atom stereocenters. The van der Waals surface area contributed by atoms with Crippen molar-refractivity contribution in [3.63, 3.8) is 0 Å². The summed E-state index contributed by atoms with van der Waals surface area (Å²) in [5.74, 6) is 0. The number of rotatable bonds is 7. The van der Waals surface area contributed by atoms with E-state index in [4.69, 9.17) is 0 Å². The average molecular weight is 180 g/mol. The molecule has 0 heterocycles. The molecule has 0 spiro atoms. The van der Waals surface area contributed by atoms with Crippen LogP contribution in [0.3, 0.4) is 0 Å². The van der Waals surface area contributed by atoms with Gasteiger partial charge in [-0.15, -0.1) is 13.2 Å². The summed E-state index contributed by atoms with van der Waals surface area (Å²) in [6, 6.07) is 0. The van der Waals surface area contributed by atoms with Gasteiger partial charge in [0.15, 0.2) is 0 Å². The fourth-order valence-electron chi connectivity index (χ4n) is 0.911. The minimum Gasteiger partial charge on any atom is -0.854 e. The van der Waals surface area contributed by atoms with Crippen LogP contribution < -0.4 is 22.5 Å². The number of unbranched alkanes of at least 4 members (excludes halogenated alkanes) is 5. The Balaban J connectivity index is -0.000000405. The van der Waals surface area contributed by atoms with Crippen molar-refractivity contribution in [2.24, 2.45) is 0 Å². The maximum atomic E-state index is 9.97. The van der Waals surface area contributed by atoms with Crippen molar-refractivity contribution in [2.75, 3.05) is 13.2 Å². The van der Waals surface area contributed by atoms with Gasteiger partial charge in [0.1, 0.15) is 0 Å². The number of quaternary nitrogens is 2. The molecule has 4 nitrogen and oxygen atoms in total. The molecule has 0 aliphatic carbocycles. The molecule has 12 heavy (non-hydrogen) atoms. The Bertz CT molecular complexity index is 55.0. The Labute approximate surface area is 75.2 Å². The molecule has 0 rings (SSSR count). The van der Waals surface area contributed by atoms with Gasteiger partial charge in [-0.3, -0.25) is 0 Å². The summed E-state index contributed by atoms with van der Waals surface area (Å²) < 4.78 is 0. The predicted octanol–water partition coefficient (Wildman–Crippen LogP) is 0.800. The summed E-state index contributed by atoms with van der Waals surface area (Å²) in [4.78, 5) is 0. The standard InChI is InChI=1S/C8H16O2.2H3N/c9-7-5-3-1-2-4-6-8-10;;/h1-8H2;2*1H3/q-2;;/p+2. The van der Waals surface area contributed by atoms with Crippen LogP contribution in [0, 0.1) is 0 Å². The lowest BCUT2D eigenvalue weighted by Crippen LogP contribution is -2.05. The Kier molecular flexibility index (Phi) is 25.3. The van der Waals surface area contributed by atoms with E-state index in [0.717, 1.165) is 38.5 Å². The Morgan fingerprint density at radius 2 is 0.750 bits per heavy atom. The second-order valence-corrected chi connectivity index (χ2v) is 2.53. The minimum absolute atomic E-state index is 0. The molecule has 0 aromatic heterocycles. The number of hydrogen-bond acceptors (Lipinski definition) is 2. The van der Waals surface area contributed by atoms with Crippen LogP contribution >= 0.6 is 0 Å². The molecule has 78 valence electrons. The van der Waals surface area contributed by atoms with Gasteiger partial charge >= 0.3 is 0 Å². The molecule has 4 heteroatoms. The third-order valence-electron chi connectivity index (χ3n) is 1.54. The van der Waals surface area contributed by atoms with Crippen LogP contribution in [-0.4, -0.2) is 13.2 Å². The van der Waals surface area contributed by atoms with Crippen molar-refractivity contribution in [2.45, 2.75) is 38.5 Å².